The van der Waals surface area contributed by atoms with Crippen molar-refractivity contribution in [2.24, 2.45) is 11.8 Å². The summed E-state index contributed by atoms with van der Waals surface area (Å²) in [7, 11) is -3.24. The van der Waals surface area contributed by atoms with Gasteiger partial charge in [-0.1, -0.05) is 0 Å². The second kappa shape index (κ2) is 4.96. The highest BCUT2D eigenvalue weighted by Gasteiger charge is 2.43. The average Bonchev–Trinajstić information content (AvgIpc) is 3.11. The molecule has 2 heterocycles. The minimum Gasteiger partial charge on any atom is -0.367 e. The third-order valence-electron chi connectivity index (χ3n) is 4.05. The van der Waals surface area contributed by atoms with Gasteiger partial charge in [0.25, 0.3) is 0 Å². The van der Waals surface area contributed by atoms with E-state index in [1.807, 2.05) is 4.90 Å². The van der Waals surface area contributed by atoms with E-state index < -0.39 is 10.0 Å². The van der Waals surface area contributed by atoms with Crippen LogP contribution in [0.5, 0.6) is 0 Å². The smallest absolute Gasteiger partial charge is 0.209 e. The fraction of sp³-hybridized carbons (Fsp3) is 0.615. The Balaban J connectivity index is 1.81. The van der Waals surface area contributed by atoms with Crippen LogP contribution in [0.4, 0.5) is 10.1 Å². The molecule has 0 radical (unpaired) electrons. The number of anilines is 1. The first-order valence-corrected chi connectivity index (χ1v) is 8.65. The lowest BCUT2D eigenvalue weighted by Crippen LogP contribution is -2.40. The van der Waals surface area contributed by atoms with E-state index in [4.69, 9.17) is 0 Å². The van der Waals surface area contributed by atoms with Crippen LogP contribution in [0.15, 0.2) is 18.5 Å². The first kappa shape index (κ1) is 13.8. The molecular formula is C13H18FN3O2S. The highest BCUT2D eigenvalue weighted by Crippen LogP contribution is 2.42. The molecule has 1 aliphatic carbocycles. The van der Waals surface area contributed by atoms with Gasteiger partial charge in [0.05, 0.1) is 18.1 Å². The molecule has 0 unspecified atom stereocenters. The molecule has 1 saturated heterocycles. The number of nitrogens with one attached hydrogen (secondary N) is 1. The molecule has 1 aromatic heterocycles. The number of halogens is 1. The summed E-state index contributed by atoms with van der Waals surface area (Å²) in [6.45, 7) is 1.20. The van der Waals surface area contributed by atoms with E-state index in [1.165, 1.54) is 12.5 Å². The molecule has 2 aliphatic rings. The van der Waals surface area contributed by atoms with Crippen LogP contribution in [0, 0.1) is 17.7 Å². The molecule has 0 bridgehead atoms. The van der Waals surface area contributed by atoms with E-state index in [0.717, 1.165) is 12.8 Å². The van der Waals surface area contributed by atoms with E-state index in [-0.39, 0.29) is 17.8 Å². The van der Waals surface area contributed by atoms with Gasteiger partial charge in [-0.05, 0) is 30.7 Å². The normalized spacial score (nSPS) is 27.0. The molecule has 0 spiro atoms. The van der Waals surface area contributed by atoms with Crippen LogP contribution in [0.2, 0.25) is 0 Å². The molecule has 5 nitrogen and oxygen atoms in total. The maximum atomic E-state index is 13.8. The zero-order chi connectivity index (χ0) is 14.3. The van der Waals surface area contributed by atoms with Crippen LogP contribution < -0.4 is 9.62 Å². The fourth-order valence-electron chi connectivity index (χ4n) is 3.05. The topological polar surface area (TPSA) is 62.3 Å². The van der Waals surface area contributed by atoms with E-state index in [9.17, 15) is 12.8 Å². The Bertz CT molecular complexity index is 603. The lowest BCUT2D eigenvalue weighted by atomic mass is 9.99. The number of sulfonamides is 1. The summed E-state index contributed by atoms with van der Waals surface area (Å²) in [6.07, 6.45) is 6.20. The van der Waals surface area contributed by atoms with Crippen LogP contribution in [0.1, 0.15) is 12.8 Å². The summed E-state index contributed by atoms with van der Waals surface area (Å²) in [4.78, 5) is 5.67. The third kappa shape index (κ3) is 2.93. The number of aromatic nitrogens is 1. The van der Waals surface area contributed by atoms with E-state index in [2.05, 4.69) is 9.71 Å². The molecule has 3 rings (SSSR count). The number of nitrogens with zero attached hydrogens (tertiary/aromatic N) is 2. The summed E-state index contributed by atoms with van der Waals surface area (Å²) in [5.41, 5.74) is 0.503. The van der Waals surface area contributed by atoms with Crippen molar-refractivity contribution in [3.05, 3.63) is 24.3 Å². The largest absolute Gasteiger partial charge is 0.367 e. The van der Waals surface area contributed by atoms with Crippen molar-refractivity contribution in [1.29, 1.82) is 0 Å². The molecule has 0 aromatic carbocycles. The van der Waals surface area contributed by atoms with Gasteiger partial charge in [0.1, 0.15) is 0 Å². The second-order valence-electron chi connectivity index (χ2n) is 5.73. The van der Waals surface area contributed by atoms with Crippen LogP contribution in [-0.4, -0.2) is 38.8 Å². The number of hydrogen-bond acceptors (Lipinski definition) is 4. The molecule has 20 heavy (non-hydrogen) atoms. The minimum absolute atomic E-state index is 0.134. The molecule has 2 atom stereocenters. The zero-order valence-corrected chi connectivity index (χ0v) is 12.1. The van der Waals surface area contributed by atoms with Crippen molar-refractivity contribution in [1.82, 2.24) is 9.71 Å². The molecule has 1 aromatic rings. The lowest BCUT2D eigenvalue weighted by Gasteiger charge is -2.18. The SMILES string of the molecule is CS(=O)(=O)N[C@@H]1CN(c2ccncc2F)C[C@H]1C1CC1. The van der Waals surface area contributed by atoms with E-state index in [1.54, 1.807) is 12.3 Å². The quantitative estimate of drug-likeness (QED) is 0.900. The van der Waals surface area contributed by atoms with Gasteiger partial charge in [0.2, 0.25) is 10.0 Å². The predicted molar refractivity (Wildman–Crippen MR) is 74.4 cm³/mol. The van der Waals surface area contributed by atoms with E-state index in [0.29, 0.717) is 24.7 Å². The van der Waals surface area contributed by atoms with Gasteiger partial charge in [-0.25, -0.2) is 17.5 Å². The van der Waals surface area contributed by atoms with Crippen LogP contribution in [-0.2, 0) is 10.0 Å². The van der Waals surface area contributed by atoms with Crippen LogP contribution >= 0.6 is 0 Å². The van der Waals surface area contributed by atoms with Crippen molar-refractivity contribution in [2.75, 3.05) is 24.2 Å². The van der Waals surface area contributed by atoms with Crippen molar-refractivity contribution >= 4 is 15.7 Å². The number of hydrogen-bond donors (Lipinski definition) is 1. The maximum absolute atomic E-state index is 13.8. The van der Waals surface area contributed by atoms with Gasteiger partial charge in [-0.15, -0.1) is 0 Å². The monoisotopic (exact) mass is 299 g/mol. The molecule has 110 valence electrons. The Morgan fingerprint density at radius 2 is 2.15 bits per heavy atom. The van der Waals surface area contributed by atoms with Crippen molar-refractivity contribution in [3.63, 3.8) is 0 Å². The molecule has 1 aliphatic heterocycles. The van der Waals surface area contributed by atoms with Crippen molar-refractivity contribution in [2.45, 2.75) is 18.9 Å². The lowest BCUT2D eigenvalue weighted by molar-refractivity contribution is 0.427. The molecular weight excluding hydrogens is 281 g/mol. The second-order valence-corrected chi connectivity index (χ2v) is 7.51. The first-order chi connectivity index (χ1) is 9.44. The Hall–Kier alpha value is -1.21. The van der Waals surface area contributed by atoms with Gasteiger partial charge in [0.15, 0.2) is 5.82 Å². The Labute approximate surface area is 118 Å². The first-order valence-electron chi connectivity index (χ1n) is 6.76. The summed E-state index contributed by atoms with van der Waals surface area (Å²) < 4.78 is 39.5. The molecule has 0 amide bonds. The summed E-state index contributed by atoms with van der Waals surface area (Å²) in [6, 6.07) is 1.51. The molecule has 1 N–H and O–H groups in total. The van der Waals surface area contributed by atoms with Gasteiger partial charge in [-0.3, -0.25) is 4.98 Å². The van der Waals surface area contributed by atoms with E-state index >= 15 is 0 Å². The zero-order valence-electron chi connectivity index (χ0n) is 11.3. The summed E-state index contributed by atoms with van der Waals surface area (Å²) >= 11 is 0. The molecule has 7 heteroatoms. The van der Waals surface area contributed by atoms with Crippen LogP contribution in [0.3, 0.4) is 0 Å². The fourth-order valence-corrected chi connectivity index (χ4v) is 3.85. The number of pyridine rings is 1. The van der Waals surface area contributed by atoms with Gasteiger partial charge < -0.3 is 4.90 Å². The predicted octanol–water partition coefficient (Wildman–Crippen LogP) is 0.985. The standard InChI is InChI=1S/C13H18FN3O2S/c1-20(18,19)16-12-8-17(7-10(12)9-2-3-9)13-4-5-15-6-11(13)14/h4-6,9-10,12,16H,2-3,7-8H2,1H3/t10-,12+/m0/s1. The highest BCUT2D eigenvalue weighted by atomic mass is 32.2. The van der Waals surface area contributed by atoms with Crippen molar-refractivity contribution < 1.29 is 12.8 Å². The highest BCUT2D eigenvalue weighted by molar-refractivity contribution is 7.88. The molecule has 2 fully saturated rings. The molecule has 1 saturated carbocycles. The summed E-state index contributed by atoms with van der Waals surface area (Å²) in [5.74, 6) is 0.462. The number of rotatable bonds is 4. The minimum atomic E-state index is -3.24. The average molecular weight is 299 g/mol. The Kier molecular flexibility index (Phi) is 3.41. The Morgan fingerprint density at radius 3 is 2.75 bits per heavy atom. The third-order valence-corrected chi connectivity index (χ3v) is 4.78. The maximum Gasteiger partial charge on any atom is 0.209 e. The summed E-state index contributed by atoms with van der Waals surface area (Å²) in [5, 5.41) is 0. The van der Waals surface area contributed by atoms with Gasteiger partial charge in [0, 0.05) is 25.3 Å². The van der Waals surface area contributed by atoms with Gasteiger partial charge in [-0.2, -0.15) is 0 Å². The van der Waals surface area contributed by atoms with Gasteiger partial charge >= 0.3 is 0 Å². The van der Waals surface area contributed by atoms with Crippen molar-refractivity contribution in [3.8, 4) is 0 Å². The Morgan fingerprint density at radius 1 is 1.40 bits per heavy atom. The van der Waals surface area contributed by atoms with Crippen LogP contribution in [0.25, 0.3) is 0 Å².